The van der Waals surface area contributed by atoms with Gasteiger partial charge in [0.15, 0.2) is 0 Å². The Morgan fingerprint density at radius 1 is 1.56 bits per heavy atom. The van der Waals surface area contributed by atoms with E-state index in [-0.39, 0.29) is 6.04 Å². The zero-order valence-corrected chi connectivity index (χ0v) is 11.0. The fourth-order valence-electron chi connectivity index (χ4n) is 1.50. The van der Waals surface area contributed by atoms with Gasteiger partial charge < -0.3 is 0 Å². The van der Waals surface area contributed by atoms with Gasteiger partial charge in [0.1, 0.15) is 12.2 Å². The molecule has 1 heterocycles. The third kappa shape index (κ3) is 3.77. The lowest BCUT2D eigenvalue weighted by atomic mass is 10.2. The van der Waals surface area contributed by atoms with Crippen LogP contribution in [-0.4, -0.2) is 32.3 Å². The molecule has 5 nitrogen and oxygen atoms in total. The van der Waals surface area contributed by atoms with Crippen LogP contribution in [0.2, 0.25) is 0 Å². The first-order chi connectivity index (χ1) is 7.69. The van der Waals surface area contributed by atoms with E-state index in [1.54, 1.807) is 6.33 Å². The van der Waals surface area contributed by atoms with Gasteiger partial charge in [0.25, 0.3) is 0 Å². The summed E-state index contributed by atoms with van der Waals surface area (Å²) in [6.07, 6.45) is 2.43. The molecule has 1 aromatic rings. The summed E-state index contributed by atoms with van der Waals surface area (Å²) in [5.41, 5.74) is 2.84. The first-order valence-corrected chi connectivity index (χ1v) is 6.76. The van der Waals surface area contributed by atoms with Crippen molar-refractivity contribution in [1.29, 1.82) is 0 Å². The second-order valence-corrected chi connectivity index (χ2v) is 5.26. The van der Waals surface area contributed by atoms with Gasteiger partial charge in [-0.05, 0) is 19.6 Å². The number of hydrogen-bond donors (Lipinski definition) is 2. The highest BCUT2D eigenvalue weighted by molar-refractivity contribution is 7.99. The first kappa shape index (κ1) is 13.5. The van der Waals surface area contributed by atoms with Gasteiger partial charge in [0.05, 0.1) is 0 Å². The van der Waals surface area contributed by atoms with Crippen molar-refractivity contribution < 1.29 is 0 Å². The van der Waals surface area contributed by atoms with Crippen LogP contribution < -0.4 is 11.3 Å². The zero-order chi connectivity index (χ0) is 12.0. The molecule has 6 heteroatoms. The smallest absolute Gasteiger partial charge is 0.138 e. The van der Waals surface area contributed by atoms with Crippen molar-refractivity contribution in [3.05, 3.63) is 12.2 Å². The molecule has 0 saturated heterocycles. The molecule has 16 heavy (non-hydrogen) atoms. The van der Waals surface area contributed by atoms with Gasteiger partial charge in [-0.3, -0.25) is 11.3 Å². The first-order valence-electron chi connectivity index (χ1n) is 5.61. The van der Waals surface area contributed by atoms with Crippen molar-refractivity contribution in [1.82, 2.24) is 20.2 Å². The highest BCUT2D eigenvalue weighted by Gasteiger charge is 2.13. The van der Waals surface area contributed by atoms with Crippen molar-refractivity contribution >= 4 is 11.8 Å². The number of nitrogens with zero attached hydrogens (tertiary/aromatic N) is 3. The highest BCUT2D eigenvalue weighted by atomic mass is 32.2. The van der Waals surface area contributed by atoms with Crippen LogP contribution in [-0.2, 0) is 6.42 Å². The zero-order valence-electron chi connectivity index (χ0n) is 10.2. The molecule has 0 saturated carbocycles. The third-order valence-electron chi connectivity index (χ3n) is 2.32. The SMILES string of the molecule is CCSCC(Cc1ncnn1C(C)C)NN. The van der Waals surface area contributed by atoms with Crippen LogP contribution in [0.3, 0.4) is 0 Å². The molecular formula is C10H21N5S. The molecule has 0 radical (unpaired) electrons. The van der Waals surface area contributed by atoms with Crippen LogP contribution in [0.15, 0.2) is 6.33 Å². The number of aromatic nitrogens is 3. The second kappa shape index (κ2) is 6.88. The molecule has 92 valence electrons. The summed E-state index contributed by atoms with van der Waals surface area (Å²) in [7, 11) is 0. The standard InChI is InChI=1S/C10H21N5S/c1-4-16-6-9(14-11)5-10-12-7-13-15(10)8(2)3/h7-9,14H,4-6,11H2,1-3H3. The lowest BCUT2D eigenvalue weighted by Crippen LogP contribution is -2.39. The van der Waals surface area contributed by atoms with E-state index in [4.69, 9.17) is 5.84 Å². The summed E-state index contributed by atoms with van der Waals surface area (Å²) in [6, 6.07) is 0.599. The molecule has 1 unspecified atom stereocenters. The summed E-state index contributed by atoms with van der Waals surface area (Å²) in [4.78, 5) is 4.28. The van der Waals surface area contributed by atoms with Gasteiger partial charge in [-0.15, -0.1) is 0 Å². The number of hydrazine groups is 1. The third-order valence-corrected chi connectivity index (χ3v) is 3.37. The fraction of sp³-hybridized carbons (Fsp3) is 0.800. The van der Waals surface area contributed by atoms with Crippen molar-refractivity contribution in [2.24, 2.45) is 5.84 Å². The van der Waals surface area contributed by atoms with E-state index in [2.05, 4.69) is 36.3 Å². The Morgan fingerprint density at radius 3 is 2.88 bits per heavy atom. The number of thioether (sulfide) groups is 1. The van der Waals surface area contributed by atoms with E-state index < -0.39 is 0 Å². The summed E-state index contributed by atoms with van der Waals surface area (Å²) in [5, 5.41) is 4.21. The Labute approximate surface area is 101 Å². The Balaban J connectivity index is 2.59. The van der Waals surface area contributed by atoms with Gasteiger partial charge >= 0.3 is 0 Å². The molecule has 0 aliphatic rings. The Bertz CT molecular complexity index is 299. The van der Waals surface area contributed by atoms with Crippen LogP contribution in [0.4, 0.5) is 0 Å². The second-order valence-electron chi connectivity index (χ2n) is 3.94. The van der Waals surface area contributed by atoms with Crippen LogP contribution in [0.25, 0.3) is 0 Å². The monoisotopic (exact) mass is 243 g/mol. The largest absolute Gasteiger partial charge is 0.271 e. The summed E-state index contributed by atoms with van der Waals surface area (Å²) < 4.78 is 1.95. The number of hydrogen-bond acceptors (Lipinski definition) is 5. The Kier molecular flexibility index (Phi) is 5.79. The molecule has 0 spiro atoms. The molecule has 0 aliphatic heterocycles. The maximum absolute atomic E-state index is 5.54. The number of nitrogens with two attached hydrogens (primary N) is 1. The van der Waals surface area contributed by atoms with Crippen molar-refractivity contribution in [3.63, 3.8) is 0 Å². The number of nitrogens with one attached hydrogen (secondary N) is 1. The van der Waals surface area contributed by atoms with E-state index in [1.165, 1.54) is 0 Å². The normalized spacial score (nSPS) is 13.3. The van der Waals surface area contributed by atoms with Crippen molar-refractivity contribution in [2.45, 2.75) is 39.3 Å². The maximum Gasteiger partial charge on any atom is 0.138 e. The van der Waals surface area contributed by atoms with Gasteiger partial charge in [0.2, 0.25) is 0 Å². The van der Waals surface area contributed by atoms with Crippen LogP contribution in [0.1, 0.15) is 32.6 Å². The lowest BCUT2D eigenvalue weighted by Gasteiger charge is -2.16. The molecule has 1 atom stereocenters. The van der Waals surface area contributed by atoms with Crippen LogP contribution in [0, 0.1) is 0 Å². The Morgan fingerprint density at radius 2 is 2.31 bits per heavy atom. The predicted molar refractivity (Wildman–Crippen MR) is 68.2 cm³/mol. The molecule has 1 aromatic heterocycles. The summed E-state index contributed by atoms with van der Waals surface area (Å²) >= 11 is 1.88. The molecule has 1 rings (SSSR count). The average Bonchev–Trinajstić information content (AvgIpc) is 2.72. The molecule has 0 aliphatic carbocycles. The van der Waals surface area contributed by atoms with E-state index in [0.717, 1.165) is 23.8 Å². The number of rotatable bonds is 7. The molecule has 3 N–H and O–H groups in total. The van der Waals surface area contributed by atoms with E-state index in [9.17, 15) is 0 Å². The van der Waals surface area contributed by atoms with Crippen molar-refractivity contribution in [2.75, 3.05) is 11.5 Å². The molecule has 0 fully saturated rings. The Hall–Kier alpha value is -0.590. The van der Waals surface area contributed by atoms with Gasteiger partial charge in [-0.2, -0.15) is 16.9 Å². The minimum Gasteiger partial charge on any atom is -0.271 e. The highest BCUT2D eigenvalue weighted by Crippen LogP contribution is 2.10. The van der Waals surface area contributed by atoms with E-state index in [1.807, 2.05) is 16.4 Å². The molecule has 0 amide bonds. The molecular weight excluding hydrogens is 222 g/mol. The lowest BCUT2D eigenvalue weighted by molar-refractivity contribution is 0.477. The van der Waals surface area contributed by atoms with E-state index >= 15 is 0 Å². The van der Waals surface area contributed by atoms with Crippen LogP contribution >= 0.6 is 11.8 Å². The minimum atomic E-state index is 0.256. The van der Waals surface area contributed by atoms with E-state index in [0.29, 0.717) is 6.04 Å². The maximum atomic E-state index is 5.54. The topological polar surface area (TPSA) is 68.8 Å². The summed E-state index contributed by atoms with van der Waals surface area (Å²) in [6.45, 7) is 6.35. The summed E-state index contributed by atoms with van der Waals surface area (Å²) in [5.74, 6) is 8.63. The average molecular weight is 243 g/mol. The van der Waals surface area contributed by atoms with Gasteiger partial charge in [-0.1, -0.05) is 6.92 Å². The fourth-order valence-corrected chi connectivity index (χ4v) is 2.23. The quantitative estimate of drug-likeness (QED) is 0.552. The minimum absolute atomic E-state index is 0.256. The molecule has 0 aromatic carbocycles. The van der Waals surface area contributed by atoms with Crippen LogP contribution in [0.5, 0.6) is 0 Å². The molecule has 0 bridgehead atoms. The van der Waals surface area contributed by atoms with Gasteiger partial charge in [-0.25, -0.2) is 9.67 Å². The predicted octanol–water partition coefficient (Wildman–Crippen LogP) is 0.986. The van der Waals surface area contributed by atoms with Crippen molar-refractivity contribution in [3.8, 4) is 0 Å². The van der Waals surface area contributed by atoms with Gasteiger partial charge in [0, 0.05) is 24.3 Å².